The van der Waals surface area contributed by atoms with E-state index >= 15 is 0 Å². The van der Waals surface area contributed by atoms with Crippen molar-refractivity contribution in [2.75, 3.05) is 26.4 Å². The molecule has 0 aromatic heterocycles. The van der Waals surface area contributed by atoms with Crippen LogP contribution in [0, 0.1) is 0 Å². The van der Waals surface area contributed by atoms with E-state index in [0.29, 0.717) is 26.4 Å². The molecule has 84 valence electrons. The van der Waals surface area contributed by atoms with Gasteiger partial charge in [0, 0.05) is 5.56 Å². The van der Waals surface area contributed by atoms with Crippen molar-refractivity contribution in [2.45, 2.75) is 6.29 Å². The van der Waals surface area contributed by atoms with Crippen LogP contribution in [0.25, 0.3) is 0 Å². The van der Waals surface area contributed by atoms with Crippen LogP contribution < -0.4 is 5.46 Å². The number of ether oxygens (including phenoxy) is 2. The van der Waals surface area contributed by atoms with Crippen molar-refractivity contribution in [1.82, 2.24) is 0 Å². The van der Waals surface area contributed by atoms with E-state index in [9.17, 15) is 0 Å². The first-order valence-electron chi connectivity index (χ1n) is 5.50. The van der Waals surface area contributed by atoms with Crippen molar-refractivity contribution in [1.29, 1.82) is 0 Å². The summed E-state index contributed by atoms with van der Waals surface area (Å²) in [4.78, 5) is 0. The fourth-order valence-corrected chi connectivity index (χ4v) is 1.95. The van der Waals surface area contributed by atoms with Crippen LogP contribution in [0.1, 0.15) is 11.9 Å². The van der Waals surface area contributed by atoms with Crippen LogP contribution in [0.5, 0.6) is 0 Å². The topological polar surface area (TPSA) is 36.9 Å². The van der Waals surface area contributed by atoms with Gasteiger partial charge in [0.25, 0.3) is 0 Å². The molecule has 0 bridgehead atoms. The summed E-state index contributed by atoms with van der Waals surface area (Å²) in [6.45, 7) is 2.63. The molecule has 4 nitrogen and oxygen atoms in total. The summed E-state index contributed by atoms with van der Waals surface area (Å²) < 4.78 is 21.8. The van der Waals surface area contributed by atoms with E-state index in [1.807, 2.05) is 24.3 Å². The standard InChI is InChI=1S/C11H13BO4/c1-2-9(11-13-4-5-14-11)8-10(3-1)12-15-6-7-16-12/h1-3,8,11H,4-7H2. The van der Waals surface area contributed by atoms with E-state index in [-0.39, 0.29) is 13.4 Å². The van der Waals surface area contributed by atoms with Crippen LogP contribution in [-0.4, -0.2) is 33.5 Å². The van der Waals surface area contributed by atoms with E-state index < -0.39 is 0 Å². The Morgan fingerprint density at radius 1 is 1.00 bits per heavy atom. The quantitative estimate of drug-likeness (QED) is 0.679. The molecule has 0 unspecified atom stereocenters. The Morgan fingerprint density at radius 2 is 1.75 bits per heavy atom. The van der Waals surface area contributed by atoms with Crippen molar-refractivity contribution in [3.05, 3.63) is 29.8 Å². The Labute approximate surface area is 94.6 Å². The van der Waals surface area contributed by atoms with Crippen LogP contribution in [0.2, 0.25) is 0 Å². The lowest BCUT2D eigenvalue weighted by molar-refractivity contribution is -0.0440. The molecule has 2 aliphatic heterocycles. The van der Waals surface area contributed by atoms with Crippen molar-refractivity contribution >= 4 is 12.6 Å². The van der Waals surface area contributed by atoms with E-state index in [4.69, 9.17) is 18.8 Å². The summed E-state index contributed by atoms with van der Waals surface area (Å²) >= 11 is 0. The zero-order valence-electron chi connectivity index (χ0n) is 8.93. The molecule has 2 heterocycles. The fourth-order valence-electron chi connectivity index (χ4n) is 1.95. The van der Waals surface area contributed by atoms with Gasteiger partial charge in [-0.15, -0.1) is 0 Å². The first-order chi connectivity index (χ1) is 7.93. The van der Waals surface area contributed by atoms with Crippen LogP contribution in [0.4, 0.5) is 0 Å². The third kappa shape index (κ3) is 1.99. The smallest absolute Gasteiger partial charge is 0.405 e. The molecule has 0 N–H and O–H groups in total. The average molecular weight is 220 g/mol. The zero-order valence-corrected chi connectivity index (χ0v) is 8.93. The molecule has 0 atom stereocenters. The lowest BCUT2D eigenvalue weighted by atomic mass is 9.79. The molecule has 0 radical (unpaired) electrons. The molecule has 16 heavy (non-hydrogen) atoms. The van der Waals surface area contributed by atoms with E-state index in [2.05, 4.69) is 0 Å². The van der Waals surface area contributed by atoms with Crippen LogP contribution in [-0.2, 0) is 18.8 Å². The summed E-state index contributed by atoms with van der Waals surface area (Å²) in [6.07, 6.45) is -0.235. The maximum absolute atomic E-state index is 5.45. The Morgan fingerprint density at radius 3 is 2.50 bits per heavy atom. The Hall–Kier alpha value is -0.875. The number of hydrogen-bond donors (Lipinski definition) is 0. The first kappa shape index (κ1) is 10.3. The van der Waals surface area contributed by atoms with Gasteiger partial charge in [-0.3, -0.25) is 0 Å². The highest BCUT2D eigenvalue weighted by molar-refractivity contribution is 6.61. The summed E-state index contributed by atoms with van der Waals surface area (Å²) in [5.41, 5.74) is 2.04. The minimum atomic E-state index is -0.235. The van der Waals surface area contributed by atoms with Crippen LogP contribution in [0.15, 0.2) is 24.3 Å². The van der Waals surface area contributed by atoms with Gasteiger partial charge in [-0.25, -0.2) is 0 Å². The van der Waals surface area contributed by atoms with Gasteiger partial charge in [0.05, 0.1) is 26.4 Å². The molecule has 2 fully saturated rings. The van der Waals surface area contributed by atoms with Crippen LogP contribution in [0.3, 0.4) is 0 Å². The molecule has 0 saturated carbocycles. The van der Waals surface area contributed by atoms with Gasteiger partial charge >= 0.3 is 7.12 Å². The Bertz CT molecular complexity index is 328. The van der Waals surface area contributed by atoms with Crippen molar-refractivity contribution in [3.63, 3.8) is 0 Å². The monoisotopic (exact) mass is 220 g/mol. The summed E-state index contributed by atoms with van der Waals surface area (Å²) in [7, 11) is -0.235. The largest absolute Gasteiger partial charge is 0.494 e. The number of benzene rings is 1. The van der Waals surface area contributed by atoms with Gasteiger partial charge in [-0.05, 0) is 5.46 Å². The van der Waals surface area contributed by atoms with Gasteiger partial charge in [0.15, 0.2) is 6.29 Å². The van der Waals surface area contributed by atoms with E-state index in [1.54, 1.807) is 0 Å². The summed E-state index contributed by atoms with van der Waals surface area (Å²) in [5.74, 6) is 0. The second-order valence-corrected chi connectivity index (χ2v) is 3.82. The molecule has 1 aromatic carbocycles. The molecule has 0 amide bonds. The van der Waals surface area contributed by atoms with Gasteiger partial charge in [-0.1, -0.05) is 24.3 Å². The highest BCUT2D eigenvalue weighted by Crippen LogP contribution is 2.22. The number of rotatable bonds is 2. The van der Waals surface area contributed by atoms with Crippen molar-refractivity contribution in [3.8, 4) is 0 Å². The Balaban J connectivity index is 1.81. The third-order valence-corrected chi connectivity index (χ3v) is 2.70. The minimum absolute atomic E-state index is 0.235. The van der Waals surface area contributed by atoms with Gasteiger partial charge in [-0.2, -0.15) is 0 Å². The lowest BCUT2D eigenvalue weighted by Gasteiger charge is -2.11. The summed E-state index contributed by atoms with van der Waals surface area (Å²) in [5, 5.41) is 0. The molecule has 0 aliphatic carbocycles. The van der Waals surface area contributed by atoms with E-state index in [1.165, 1.54) is 0 Å². The lowest BCUT2D eigenvalue weighted by Crippen LogP contribution is -2.32. The normalized spacial score (nSPS) is 21.9. The molecule has 0 spiro atoms. The maximum Gasteiger partial charge on any atom is 0.494 e. The molecular weight excluding hydrogens is 207 g/mol. The van der Waals surface area contributed by atoms with E-state index in [0.717, 1.165) is 11.0 Å². The Kier molecular flexibility index (Phi) is 2.93. The van der Waals surface area contributed by atoms with Crippen molar-refractivity contribution in [2.24, 2.45) is 0 Å². The minimum Gasteiger partial charge on any atom is -0.405 e. The zero-order chi connectivity index (χ0) is 10.8. The molecule has 2 aliphatic rings. The molecule has 2 saturated heterocycles. The maximum atomic E-state index is 5.45. The fraction of sp³-hybridized carbons (Fsp3) is 0.455. The number of hydrogen-bond acceptors (Lipinski definition) is 4. The third-order valence-electron chi connectivity index (χ3n) is 2.70. The molecular formula is C11H13BO4. The predicted octanol–water partition coefficient (Wildman–Crippen LogP) is 0.474. The summed E-state index contributed by atoms with van der Waals surface area (Å²) in [6, 6.07) is 7.98. The molecule has 1 aromatic rings. The SMILES string of the molecule is c1cc(B2OCCO2)cc(C2OCCO2)c1. The molecule has 3 rings (SSSR count). The molecule has 5 heteroatoms. The second kappa shape index (κ2) is 4.55. The predicted molar refractivity (Wildman–Crippen MR) is 58.4 cm³/mol. The van der Waals surface area contributed by atoms with Gasteiger partial charge in [0.1, 0.15) is 0 Å². The highest BCUT2D eigenvalue weighted by Gasteiger charge is 2.27. The average Bonchev–Trinajstić information content (AvgIpc) is 3.03. The van der Waals surface area contributed by atoms with Crippen molar-refractivity contribution < 1.29 is 18.8 Å². The first-order valence-corrected chi connectivity index (χ1v) is 5.50. The van der Waals surface area contributed by atoms with Crippen LogP contribution >= 0.6 is 0 Å². The van der Waals surface area contributed by atoms with Gasteiger partial charge < -0.3 is 18.8 Å². The highest BCUT2D eigenvalue weighted by atomic mass is 16.7. The van der Waals surface area contributed by atoms with Gasteiger partial charge in [0.2, 0.25) is 0 Å². The second-order valence-electron chi connectivity index (χ2n) is 3.82.